The predicted molar refractivity (Wildman–Crippen MR) is 153 cm³/mol. The average Bonchev–Trinajstić information content (AvgIpc) is 3.33. The third-order valence-electron chi connectivity index (χ3n) is 7.34. The van der Waals surface area contributed by atoms with Gasteiger partial charge in [-0.3, -0.25) is 18.7 Å². The molecule has 2 N–H and O–H groups in total. The van der Waals surface area contributed by atoms with E-state index in [0.717, 1.165) is 53.4 Å². The van der Waals surface area contributed by atoms with Gasteiger partial charge in [-0.25, -0.2) is 14.8 Å². The van der Waals surface area contributed by atoms with Crippen LogP contribution in [0.25, 0.3) is 22.1 Å². The molecule has 0 bridgehead atoms. The third-order valence-corrected chi connectivity index (χ3v) is 7.34. The van der Waals surface area contributed by atoms with Gasteiger partial charge in [0.2, 0.25) is 5.95 Å². The molecule has 212 valence electrons. The Labute approximate surface area is 231 Å². The number of imidazole rings is 1. The van der Waals surface area contributed by atoms with Crippen molar-refractivity contribution in [3.05, 3.63) is 56.6 Å². The number of ether oxygens (including phenoxy) is 1. The highest BCUT2D eigenvalue weighted by atomic mass is 16.5. The van der Waals surface area contributed by atoms with Crippen LogP contribution in [0.15, 0.2) is 33.9 Å². The van der Waals surface area contributed by atoms with Crippen LogP contribution < -0.4 is 21.9 Å². The molecule has 0 saturated carbocycles. The quantitative estimate of drug-likeness (QED) is 0.245. The van der Waals surface area contributed by atoms with Crippen molar-refractivity contribution in [3.8, 4) is 0 Å². The summed E-state index contributed by atoms with van der Waals surface area (Å²) in [6.45, 7) is 7.30. The molecule has 0 radical (unpaired) electrons. The van der Waals surface area contributed by atoms with Crippen LogP contribution in [-0.4, -0.2) is 60.4 Å². The van der Waals surface area contributed by atoms with E-state index in [2.05, 4.69) is 9.97 Å². The molecule has 1 aliphatic rings. The van der Waals surface area contributed by atoms with Gasteiger partial charge in [-0.2, -0.15) is 4.98 Å². The second kappa shape index (κ2) is 11.6. The number of benzene rings is 1. The molecule has 0 amide bonds. The first-order valence-corrected chi connectivity index (χ1v) is 13.9. The average molecular weight is 549 g/mol. The number of fused-ring (bicyclic) bond motifs is 2. The lowest BCUT2D eigenvalue weighted by Crippen LogP contribution is -2.44. The number of piperidine rings is 1. The number of hydrogen-bond acceptors (Lipinski definition) is 9. The zero-order valence-corrected chi connectivity index (χ0v) is 23.3. The topological polar surface area (TPSA) is 143 Å². The first-order valence-electron chi connectivity index (χ1n) is 13.9. The van der Waals surface area contributed by atoms with E-state index < -0.39 is 17.2 Å². The van der Waals surface area contributed by atoms with Gasteiger partial charge in [-0.05, 0) is 39.2 Å². The zero-order chi connectivity index (χ0) is 28.4. The van der Waals surface area contributed by atoms with Gasteiger partial charge >= 0.3 is 11.7 Å². The maximum Gasteiger partial charge on any atom is 0.333 e. The van der Waals surface area contributed by atoms with Crippen LogP contribution in [-0.2, 0) is 29.2 Å². The number of nitrogens with two attached hydrogens (primary N) is 1. The minimum Gasteiger partial charge on any atom is -0.464 e. The molecule has 4 heterocycles. The number of rotatable bonds is 9. The number of aromatic nitrogens is 6. The Morgan fingerprint density at radius 2 is 1.90 bits per heavy atom. The van der Waals surface area contributed by atoms with Crippen molar-refractivity contribution in [2.24, 2.45) is 5.73 Å². The molecule has 1 atom stereocenters. The second-order valence-electron chi connectivity index (χ2n) is 10.3. The van der Waals surface area contributed by atoms with Gasteiger partial charge in [0.15, 0.2) is 11.2 Å². The molecule has 0 spiro atoms. The molecule has 12 heteroatoms. The normalized spacial score (nSPS) is 15.7. The van der Waals surface area contributed by atoms with E-state index in [1.165, 1.54) is 4.57 Å². The summed E-state index contributed by atoms with van der Waals surface area (Å²) in [7, 11) is 0. The smallest absolute Gasteiger partial charge is 0.333 e. The standard InChI is InChI=1S/C28H36N8O4/c1-4-6-14-40-23(37)17-35-25-24(34(5-2)27(32-25)33-13-9-10-19(29)15-33)26(38)36(28(35)39)16-22-30-18(3)20-11-7-8-12-21(20)31-22/h7-8,11-12,19H,4-6,9-10,13-17,29H2,1-3H3. The van der Waals surface area contributed by atoms with Crippen LogP contribution in [0.1, 0.15) is 51.0 Å². The Kier molecular flexibility index (Phi) is 7.97. The molecule has 4 aromatic rings. The largest absolute Gasteiger partial charge is 0.464 e. The van der Waals surface area contributed by atoms with Gasteiger partial charge in [0.1, 0.15) is 12.4 Å². The van der Waals surface area contributed by atoms with E-state index in [4.69, 9.17) is 15.5 Å². The molecular formula is C28H36N8O4. The number of anilines is 1. The van der Waals surface area contributed by atoms with Crippen LogP contribution in [0.4, 0.5) is 5.95 Å². The summed E-state index contributed by atoms with van der Waals surface area (Å²) >= 11 is 0. The van der Waals surface area contributed by atoms with Gasteiger partial charge in [0.05, 0.1) is 18.7 Å². The summed E-state index contributed by atoms with van der Waals surface area (Å²) in [5, 5.41) is 0.898. The van der Waals surface area contributed by atoms with E-state index in [1.807, 2.05) is 49.9 Å². The Bertz CT molecular complexity index is 1670. The minimum atomic E-state index is -0.665. The number of carbonyl (C=O) groups excluding carboxylic acids is 1. The number of para-hydroxylation sites is 1. The predicted octanol–water partition coefficient (Wildman–Crippen LogP) is 1.95. The first kappa shape index (κ1) is 27.5. The Morgan fingerprint density at radius 3 is 2.65 bits per heavy atom. The minimum absolute atomic E-state index is 0.0143. The number of carbonyl (C=O) groups is 1. The molecule has 12 nitrogen and oxygen atoms in total. The van der Waals surface area contributed by atoms with E-state index in [1.54, 1.807) is 4.57 Å². The van der Waals surface area contributed by atoms with Crippen molar-refractivity contribution in [2.45, 2.75) is 72.1 Å². The molecule has 5 rings (SSSR count). The number of unbranched alkanes of at least 4 members (excludes halogenated alkanes) is 1. The van der Waals surface area contributed by atoms with Gasteiger partial charge in [0, 0.05) is 36.8 Å². The monoisotopic (exact) mass is 548 g/mol. The summed E-state index contributed by atoms with van der Waals surface area (Å²) in [6.07, 6.45) is 3.40. The van der Waals surface area contributed by atoms with E-state index >= 15 is 0 Å². The fraction of sp³-hybridized carbons (Fsp3) is 0.500. The van der Waals surface area contributed by atoms with E-state index in [9.17, 15) is 14.4 Å². The SMILES string of the molecule is CCCCOC(=O)Cn1c(=O)n(Cc2nc(C)c3ccccc3n2)c(=O)c2c1nc(N1CCCC(N)C1)n2CC. The first-order chi connectivity index (χ1) is 19.3. The molecule has 3 aromatic heterocycles. The third kappa shape index (κ3) is 5.23. The van der Waals surface area contributed by atoms with Gasteiger partial charge in [-0.1, -0.05) is 31.5 Å². The van der Waals surface area contributed by atoms with E-state index in [-0.39, 0.29) is 36.9 Å². The fourth-order valence-corrected chi connectivity index (χ4v) is 5.31. The van der Waals surface area contributed by atoms with Crippen molar-refractivity contribution in [1.82, 2.24) is 28.7 Å². The molecule has 0 aliphatic carbocycles. The number of hydrogen-bond donors (Lipinski definition) is 1. The summed E-state index contributed by atoms with van der Waals surface area (Å²) < 4.78 is 9.49. The van der Waals surface area contributed by atoms with Crippen LogP contribution in [0.3, 0.4) is 0 Å². The number of aryl methyl sites for hydroxylation is 2. The molecule has 1 aliphatic heterocycles. The summed E-state index contributed by atoms with van der Waals surface area (Å²) in [4.78, 5) is 56.6. The molecule has 1 unspecified atom stereocenters. The van der Waals surface area contributed by atoms with Gasteiger partial charge in [-0.15, -0.1) is 0 Å². The Balaban J connectivity index is 1.67. The summed E-state index contributed by atoms with van der Waals surface area (Å²) in [6, 6.07) is 7.57. The maximum absolute atomic E-state index is 14.0. The van der Waals surface area contributed by atoms with Crippen molar-refractivity contribution in [2.75, 3.05) is 24.6 Å². The molecule has 40 heavy (non-hydrogen) atoms. The van der Waals surface area contributed by atoms with Gasteiger partial charge in [0.25, 0.3) is 5.56 Å². The summed E-state index contributed by atoms with van der Waals surface area (Å²) in [5.74, 6) is 0.330. The van der Waals surface area contributed by atoms with Crippen molar-refractivity contribution in [3.63, 3.8) is 0 Å². The highest BCUT2D eigenvalue weighted by Gasteiger charge is 2.27. The van der Waals surface area contributed by atoms with E-state index in [0.29, 0.717) is 24.9 Å². The number of nitrogens with zero attached hydrogens (tertiary/aromatic N) is 7. The zero-order valence-electron chi connectivity index (χ0n) is 23.3. The lowest BCUT2D eigenvalue weighted by Gasteiger charge is -2.31. The van der Waals surface area contributed by atoms with Crippen molar-refractivity contribution >= 4 is 34.0 Å². The molecular weight excluding hydrogens is 512 g/mol. The lowest BCUT2D eigenvalue weighted by atomic mass is 10.1. The molecule has 1 aromatic carbocycles. The number of esters is 1. The molecule has 1 saturated heterocycles. The van der Waals surface area contributed by atoms with Crippen LogP contribution in [0, 0.1) is 6.92 Å². The van der Waals surface area contributed by atoms with Crippen LogP contribution in [0.5, 0.6) is 0 Å². The summed E-state index contributed by atoms with van der Waals surface area (Å²) in [5.41, 5.74) is 6.94. The highest BCUT2D eigenvalue weighted by molar-refractivity contribution is 5.80. The van der Waals surface area contributed by atoms with Crippen LogP contribution in [0.2, 0.25) is 0 Å². The lowest BCUT2D eigenvalue weighted by molar-refractivity contribution is -0.144. The van der Waals surface area contributed by atoms with Crippen molar-refractivity contribution < 1.29 is 9.53 Å². The maximum atomic E-state index is 14.0. The second-order valence-corrected chi connectivity index (χ2v) is 10.3. The Morgan fingerprint density at radius 1 is 1.10 bits per heavy atom. The molecule has 1 fully saturated rings. The van der Waals surface area contributed by atoms with Crippen LogP contribution >= 0.6 is 0 Å². The van der Waals surface area contributed by atoms with Crippen molar-refractivity contribution in [1.29, 1.82) is 0 Å². The van der Waals surface area contributed by atoms with Gasteiger partial charge < -0.3 is 19.9 Å². The fourth-order valence-electron chi connectivity index (χ4n) is 5.31. The Hall–Kier alpha value is -4.06. The highest BCUT2D eigenvalue weighted by Crippen LogP contribution is 2.23.